The first-order valence-electron chi connectivity index (χ1n) is 7.21. The summed E-state index contributed by atoms with van der Waals surface area (Å²) < 4.78 is 5.82. The van der Waals surface area contributed by atoms with Gasteiger partial charge in [-0.3, -0.25) is 4.99 Å². The second kappa shape index (κ2) is 11.9. The van der Waals surface area contributed by atoms with Gasteiger partial charge in [-0.05, 0) is 24.8 Å². The average molecular weight is 437 g/mol. The van der Waals surface area contributed by atoms with Crippen LogP contribution in [0.15, 0.2) is 29.3 Å². The van der Waals surface area contributed by atoms with E-state index < -0.39 is 0 Å². The Hall–Kier alpha value is -0.630. The van der Waals surface area contributed by atoms with Gasteiger partial charge in [0.15, 0.2) is 5.96 Å². The van der Waals surface area contributed by atoms with Crippen molar-refractivity contribution < 1.29 is 4.74 Å². The first kappa shape index (κ1) is 21.4. The van der Waals surface area contributed by atoms with Crippen molar-refractivity contribution in [3.63, 3.8) is 0 Å². The molecule has 0 amide bonds. The molecule has 0 spiro atoms. The molecule has 1 atom stereocenters. The molecule has 0 aromatic heterocycles. The second-order valence-electron chi connectivity index (χ2n) is 5.01. The van der Waals surface area contributed by atoms with Crippen LogP contribution in [0.3, 0.4) is 0 Å². The summed E-state index contributed by atoms with van der Waals surface area (Å²) in [4.78, 5) is 6.39. The smallest absolute Gasteiger partial charge is 0.193 e. The van der Waals surface area contributed by atoms with E-state index in [-0.39, 0.29) is 24.0 Å². The molecule has 0 heterocycles. The number of hydrogen-bond donors (Lipinski definition) is 1. The number of likely N-dealkylation sites (N-methyl/N-ethyl adjacent to an activating group) is 1. The number of aryl methyl sites for hydroxylation is 1. The topological polar surface area (TPSA) is 36.9 Å². The fraction of sp³-hybridized carbons (Fsp3) is 0.562. The first-order chi connectivity index (χ1) is 10.1. The summed E-state index contributed by atoms with van der Waals surface area (Å²) in [6.45, 7) is 6.61. The lowest BCUT2D eigenvalue weighted by molar-refractivity contribution is 0.280. The SMILES string of the molecule is CN=C(NCC(C)SC)N(C)CCOc1ccccc1C.I. The molecule has 1 aromatic carbocycles. The van der Waals surface area contributed by atoms with Gasteiger partial charge in [0.05, 0.1) is 6.54 Å². The van der Waals surface area contributed by atoms with Crippen molar-refractivity contribution in [2.24, 2.45) is 4.99 Å². The van der Waals surface area contributed by atoms with E-state index in [0.29, 0.717) is 11.9 Å². The minimum atomic E-state index is 0. The minimum Gasteiger partial charge on any atom is -0.491 e. The number of rotatable bonds is 7. The highest BCUT2D eigenvalue weighted by Crippen LogP contribution is 2.15. The van der Waals surface area contributed by atoms with Gasteiger partial charge in [0.1, 0.15) is 12.4 Å². The molecule has 6 heteroatoms. The van der Waals surface area contributed by atoms with Gasteiger partial charge in [-0.15, -0.1) is 24.0 Å². The van der Waals surface area contributed by atoms with E-state index in [9.17, 15) is 0 Å². The van der Waals surface area contributed by atoms with Crippen LogP contribution in [0, 0.1) is 6.92 Å². The quantitative estimate of drug-likeness (QED) is 0.404. The number of hydrogen-bond acceptors (Lipinski definition) is 3. The molecule has 0 fully saturated rings. The molecule has 0 aliphatic carbocycles. The summed E-state index contributed by atoms with van der Waals surface area (Å²) >= 11 is 1.84. The molecule has 0 aliphatic rings. The van der Waals surface area contributed by atoms with Gasteiger partial charge < -0.3 is 15.0 Å². The zero-order valence-corrected chi connectivity index (χ0v) is 17.3. The summed E-state index contributed by atoms with van der Waals surface area (Å²) in [5, 5.41) is 3.95. The molecule has 126 valence electrons. The molecule has 0 aliphatic heterocycles. The van der Waals surface area contributed by atoms with Crippen LogP contribution in [0.25, 0.3) is 0 Å². The Balaban J connectivity index is 0.00000441. The Morgan fingerprint density at radius 1 is 1.41 bits per heavy atom. The number of ether oxygens (including phenoxy) is 1. The maximum Gasteiger partial charge on any atom is 0.193 e. The molecule has 0 bridgehead atoms. The second-order valence-corrected chi connectivity index (χ2v) is 6.29. The number of nitrogens with one attached hydrogen (secondary N) is 1. The summed E-state index contributed by atoms with van der Waals surface area (Å²) in [6, 6.07) is 8.08. The molecule has 1 unspecified atom stereocenters. The minimum absolute atomic E-state index is 0. The Kier molecular flexibility index (Phi) is 11.5. The van der Waals surface area contributed by atoms with Gasteiger partial charge in [-0.1, -0.05) is 25.1 Å². The number of guanidine groups is 1. The van der Waals surface area contributed by atoms with E-state index >= 15 is 0 Å². The normalized spacial score (nSPS) is 12.3. The summed E-state index contributed by atoms with van der Waals surface area (Å²) in [6.07, 6.45) is 2.12. The third-order valence-electron chi connectivity index (χ3n) is 3.30. The van der Waals surface area contributed by atoms with Crippen molar-refractivity contribution in [2.75, 3.05) is 40.0 Å². The van der Waals surface area contributed by atoms with E-state index in [2.05, 4.69) is 41.4 Å². The van der Waals surface area contributed by atoms with E-state index in [1.165, 1.54) is 0 Å². The lowest BCUT2D eigenvalue weighted by atomic mass is 10.2. The number of benzene rings is 1. The van der Waals surface area contributed by atoms with Crippen molar-refractivity contribution in [2.45, 2.75) is 19.1 Å². The summed E-state index contributed by atoms with van der Waals surface area (Å²) in [5.41, 5.74) is 1.16. The van der Waals surface area contributed by atoms with Gasteiger partial charge in [0.2, 0.25) is 0 Å². The monoisotopic (exact) mass is 437 g/mol. The summed E-state index contributed by atoms with van der Waals surface area (Å²) in [5.74, 6) is 1.86. The Labute approximate surface area is 156 Å². The van der Waals surface area contributed by atoms with Crippen LogP contribution in [0.1, 0.15) is 12.5 Å². The predicted molar refractivity (Wildman–Crippen MR) is 109 cm³/mol. The fourth-order valence-electron chi connectivity index (χ4n) is 1.82. The van der Waals surface area contributed by atoms with Crippen LogP contribution >= 0.6 is 35.7 Å². The Morgan fingerprint density at radius 2 is 2.09 bits per heavy atom. The first-order valence-corrected chi connectivity index (χ1v) is 8.50. The predicted octanol–water partition coefficient (Wildman–Crippen LogP) is 3.25. The molecule has 1 aromatic rings. The zero-order valence-electron chi connectivity index (χ0n) is 14.1. The highest BCUT2D eigenvalue weighted by molar-refractivity contribution is 14.0. The van der Waals surface area contributed by atoms with Gasteiger partial charge >= 0.3 is 0 Å². The third kappa shape index (κ3) is 7.58. The van der Waals surface area contributed by atoms with E-state index in [1.807, 2.05) is 44.1 Å². The molecule has 4 nitrogen and oxygen atoms in total. The number of nitrogens with zero attached hydrogens (tertiary/aromatic N) is 2. The van der Waals surface area contributed by atoms with Gasteiger partial charge in [-0.2, -0.15) is 11.8 Å². The van der Waals surface area contributed by atoms with Crippen LogP contribution in [0.2, 0.25) is 0 Å². The number of aliphatic imine (C=N–C) groups is 1. The highest BCUT2D eigenvalue weighted by atomic mass is 127. The fourth-order valence-corrected chi connectivity index (χ4v) is 2.07. The largest absolute Gasteiger partial charge is 0.491 e. The van der Waals surface area contributed by atoms with Gasteiger partial charge in [0.25, 0.3) is 0 Å². The third-order valence-corrected chi connectivity index (χ3v) is 4.27. The van der Waals surface area contributed by atoms with E-state index in [4.69, 9.17) is 4.74 Å². The maximum absolute atomic E-state index is 5.82. The number of para-hydroxylation sites is 1. The molecule has 22 heavy (non-hydrogen) atoms. The van der Waals surface area contributed by atoms with Crippen molar-refractivity contribution in [1.82, 2.24) is 10.2 Å². The van der Waals surface area contributed by atoms with Crippen LogP contribution in [-0.2, 0) is 0 Å². The van der Waals surface area contributed by atoms with Crippen molar-refractivity contribution in [3.8, 4) is 5.75 Å². The molecular weight excluding hydrogens is 409 g/mol. The molecule has 0 radical (unpaired) electrons. The van der Waals surface area contributed by atoms with Crippen molar-refractivity contribution >= 4 is 41.7 Å². The maximum atomic E-state index is 5.82. The van der Waals surface area contributed by atoms with Crippen LogP contribution in [0.4, 0.5) is 0 Å². The van der Waals surface area contributed by atoms with Crippen molar-refractivity contribution in [1.29, 1.82) is 0 Å². The zero-order chi connectivity index (χ0) is 15.7. The van der Waals surface area contributed by atoms with E-state index in [0.717, 1.165) is 30.4 Å². The van der Waals surface area contributed by atoms with E-state index in [1.54, 1.807) is 0 Å². The molecule has 0 saturated heterocycles. The van der Waals surface area contributed by atoms with Gasteiger partial charge in [-0.25, -0.2) is 0 Å². The molecule has 0 saturated carbocycles. The number of thioether (sulfide) groups is 1. The molecule has 1 rings (SSSR count). The lowest BCUT2D eigenvalue weighted by Gasteiger charge is -2.23. The highest BCUT2D eigenvalue weighted by Gasteiger charge is 2.07. The van der Waals surface area contributed by atoms with Crippen molar-refractivity contribution in [3.05, 3.63) is 29.8 Å². The van der Waals surface area contributed by atoms with Crippen LogP contribution in [-0.4, -0.2) is 56.2 Å². The molecule has 1 N–H and O–H groups in total. The molecular formula is C16H28IN3OS. The lowest BCUT2D eigenvalue weighted by Crippen LogP contribution is -2.42. The van der Waals surface area contributed by atoms with Crippen LogP contribution in [0.5, 0.6) is 5.75 Å². The van der Waals surface area contributed by atoms with Crippen LogP contribution < -0.4 is 10.1 Å². The van der Waals surface area contributed by atoms with Gasteiger partial charge in [0, 0.05) is 25.9 Å². The number of halogens is 1. The Bertz CT molecular complexity index is 457. The summed E-state index contributed by atoms with van der Waals surface area (Å²) in [7, 11) is 3.84. The Morgan fingerprint density at radius 3 is 2.68 bits per heavy atom. The average Bonchev–Trinajstić information content (AvgIpc) is 2.49. The standard InChI is InChI=1S/C16H27N3OS.HI/c1-13-8-6-7-9-15(13)20-11-10-19(4)16(17-3)18-12-14(2)21-5;/h6-9,14H,10-12H2,1-5H3,(H,17,18);1H.